The van der Waals surface area contributed by atoms with Gasteiger partial charge in [0.2, 0.25) is 0 Å². The van der Waals surface area contributed by atoms with E-state index in [1.165, 1.54) is 122 Å². The minimum absolute atomic E-state index is 0.0152. The zero-order valence-corrected chi connectivity index (χ0v) is 31.6. The lowest BCUT2D eigenvalue weighted by Crippen LogP contribution is -2.59. The van der Waals surface area contributed by atoms with Gasteiger partial charge in [-0.15, -0.1) is 0 Å². The summed E-state index contributed by atoms with van der Waals surface area (Å²) in [6.45, 7) is 1.36. The van der Waals surface area contributed by atoms with Crippen LogP contribution in [0.4, 0.5) is 0 Å². The normalized spacial score (nSPS) is 26.3. The minimum atomic E-state index is -1.59. The molecule has 300 valence electrons. The van der Waals surface area contributed by atoms with E-state index in [0.717, 1.165) is 19.3 Å². The third-order valence-electron chi connectivity index (χ3n) is 10.5. The molecule has 2 saturated heterocycles. The third kappa shape index (κ3) is 20.2. The highest BCUT2D eigenvalue weighted by molar-refractivity contribution is 5.86. The van der Waals surface area contributed by atoms with Gasteiger partial charge in [-0.05, 0) is 12.8 Å². The van der Waals surface area contributed by atoms with Gasteiger partial charge < -0.3 is 50.0 Å². The molecule has 0 amide bonds. The number of epoxide rings is 1. The monoisotopic (exact) mass is 731 g/mol. The van der Waals surface area contributed by atoms with E-state index in [1.807, 2.05) is 0 Å². The molecular weight excluding hydrogens is 656 g/mol. The number of allylic oxidation sites excluding steroid dienone is 1. The van der Waals surface area contributed by atoms with Crippen molar-refractivity contribution in [2.45, 2.75) is 223 Å². The molecule has 2 aliphatic heterocycles. The molecule has 0 aromatic carbocycles. The number of aliphatic hydroxyl groups is 6. The molecule has 0 spiro atoms. The molecule has 0 saturated carbocycles. The lowest BCUT2D eigenvalue weighted by atomic mass is 9.99. The second kappa shape index (κ2) is 28.3. The van der Waals surface area contributed by atoms with Crippen LogP contribution in [0.1, 0.15) is 167 Å². The van der Waals surface area contributed by atoms with Crippen molar-refractivity contribution >= 4 is 5.97 Å². The van der Waals surface area contributed by atoms with Gasteiger partial charge in [-0.1, -0.05) is 148 Å². The van der Waals surface area contributed by atoms with Crippen molar-refractivity contribution in [3.63, 3.8) is 0 Å². The van der Waals surface area contributed by atoms with Gasteiger partial charge in [-0.3, -0.25) is 0 Å². The van der Waals surface area contributed by atoms with Crippen LogP contribution in [0.25, 0.3) is 0 Å². The maximum absolute atomic E-state index is 11.8. The van der Waals surface area contributed by atoms with Crippen molar-refractivity contribution in [2.75, 3.05) is 13.2 Å². The van der Waals surface area contributed by atoms with Gasteiger partial charge in [0, 0.05) is 18.4 Å². The second-order valence-corrected chi connectivity index (χ2v) is 15.1. The van der Waals surface area contributed by atoms with E-state index in [2.05, 4.69) is 6.92 Å². The topological polar surface area (TPSA) is 190 Å². The van der Waals surface area contributed by atoms with Gasteiger partial charge in [0.05, 0.1) is 25.4 Å². The van der Waals surface area contributed by atoms with Crippen LogP contribution in [0, 0.1) is 0 Å². The van der Waals surface area contributed by atoms with E-state index in [0.29, 0.717) is 6.42 Å². The smallest absolute Gasteiger partial charge is 0.331 e. The largest absolute Gasteiger partial charge is 0.478 e. The first-order valence-corrected chi connectivity index (χ1v) is 20.6. The lowest BCUT2D eigenvalue weighted by Gasteiger charge is -2.39. The van der Waals surface area contributed by atoms with Gasteiger partial charge in [0.1, 0.15) is 36.6 Å². The number of unbranched alkanes of at least 4 members (excludes halogenated alkanes) is 22. The highest BCUT2D eigenvalue weighted by atomic mass is 16.7. The Labute approximate surface area is 307 Å². The van der Waals surface area contributed by atoms with Crippen LogP contribution < -0.4 is 0 Å². The molecule has 2 heterocycles. The average molecular weight is 731 g/mol. The molecule has 0 aromatic rings. The molecule has 7 N–H and O–H groups in total. The molecule has 0 aromatic heterocycles. The van der Waals surface area contributed by atoms with Crippen molar-refractivity contribution in [3.8, 4) is 0 Å². The number of ether oxygens (including phenoxy) is 3. The number of rotatable bonds is 33. The molecule has 51 heavy (non-hydrogen) atoms. The maximum atomic E-state index is 11.8. The van der Waals surface area contributed by atoms with Crippen LogP contribution >= 0.6 is 0 Å². The molecule has 0 bridgehead atoms. The number of hydrogen-bond donors (Lipinski definition) is 7. The summed E-state index contributed by atoms with van der Waals surface area (Å²) in [4.78, 5) is 11.8. The van der Waals surface area contributed by atoms with E-state index in [4.69, 9.17) is 14.2 Å². The van der Waals surface area contributed by atoms with Gasteiger partial charge >= 0.3 is 5.97 Å². The summed E-state index contributed by atoms with van der Waals surface area (Å²) in [6.07, 6.45) is 21.4. The fourth-order valence-electron chi connectivity index (χ4n) is 7.07. The Balaban J connectivity index is 1.42. The van der Waals surface area contributed by atoms with Gasteiger partial charge in [0.25, 0.3) is 0 Å². The predicted octanol–water partition coefficient (Wildman–Crippen LogP) is 6.08. The van der Waals surface area contributed by atoms with Crippen LogP contribution in [0.2, 0.25) is 0 Å². The molecule has 2 aliphatic rings. The number of hydrogen-bond acceptors (Lipinski definition) is 10. The third-order valence-corrected chi connectivity index (χ3v) is 10.5. The summed E-state index contributed by atoms with van der Waals surface area (Å²) >= 11 is 0. The summed E-state index contributed by atoms with van der Waals surface area (Å²) in [6, 6.07) is 0. The standard InChI is InChI=1S/C40H74O11/c1-2-3-4-5-6-7-8-9-10-11-12-13-14-15-16-17-18-19-20-21-22-23-24-25-30(39(47)48)26-31(42)27-33-38(50-33)32(43)29-49-40-37(46)36(45)35(44)34(28-41)51-40/h25,31-38,40-46H,2-24,26-29H2,1H3,(H,47,48)/b30-25-/t31-,32+,33-,34+,35-,36+,37-,38-,40-/m1/s1. The van der Waals surface area contributed by atoms with Gasteiger partial charge in [-0.25, -0.2) is 4.79 Å². The van der Waals surface area contributed by atoms with Crippen molar-refractivity contribution in [1.82, 2.24) is 0 Å². The van der Waals surface area contributed by atoms with E-state index < -0.39 is 67.7 Å². The fourth-order valence-corrected chi connectivity index (χ4v) is 7.07. The van der Waals surface area contributed by atoms with Crippen molar-refractivity contribution < 1.29 is 54.8 Å². The minimum Gasteiger partial charge on any atom is -0.478 e. The molecular formula is C40H74O11. The zero-order valence-electron chi connectivity index (χ0n) is 31.6. The fraction of sp³-hybridized carbons (Fsp3) is 0.925. The number of carboxylic acids is 1. The Morgan fingerprint density at radius 3 is 1.59 bits per heavy atom. The molecule has 2 rings (SSSR count). The van der Waals surface area contributed by atoms with Crippen molar-refractivity contribution in [3.05, 3.63) is 11.6 Å². The molecule has 0 unspecified atom stereocenters. The quantitative estimate of drug-likeness (QED) is 0.0236. The molecule has 11 nitrogen and oxygen atoms in total. The Bertz CT molecular complexity index is 900. The van der Waals surface area contributed by atoms with Crippen molar-refractivity contribution in [1.29, 1.82) is 0 Å². The Kier molecular flexibility index (Phi) is 25.5. The van der Waals surface area contributed by atoms with Crippen molar-refractivity contribution in [2.24, 2.45) is 0 Å². The van der Waals surface area contributed by atoms with E-state index in [9.17, 15) is 40.5 Å². The summed E-state index contributed by atoms with van der Waals surface area (Å²) in [5.41, 5.74) is 0.176. The first-order valence-electron chi connectivity index (χ1n) is 20.6. The summed E-state index contributed by atoms with van der Waals surface area (Å²) in [5.74, 6) is -1.05. The number of carboxylic acid groups (broad SMARTS) is 1. The molecule has 9 atom stereocenters. The van der Waals surface area contributed by atoms with Crippen LogP contribution in [-0.2, 0) is 19.0 Å². The lowest BCUT2D eigenvalue weighted by molar-refractivity contribution is -0.304. The predicted molar refractivity (Wildman–Crippen MR) is 197 cm³/mol. The van der Waals surface area contributed by atoms with E-state index >= 15 is 0 Å². The first-order chi connectivity index (χ1) is 24.7. The van der Waals surface area contributed by atoms with Gasteiger partial charge in [0.15, 0.2) is 6.29 Å². The molecule has 11 heteroatoms. The van der Waals surface area contributed by atoms with Gasteiger partial charge in [-0.2, -0.15) is 0 Å². The number of carbonyl (C=O) groups is 1. The Hall–Kier alpha value is -1.15. The summed E-state index contributed by atoms with van der Waals surface area (Å²) in [5, 5.41) is 69.6. The second-order valence-electron chi connectivity index (χ2n) is 15.1. The van der Waals surface area contributed by atoms with Crippen LogP contribution in [0.15, 0.2) is 11.6 Å². The van der Waals surface area contributed by atoms with Crippen LogP contribution in [-0.4, -0.2) is 110 Å². The molecule has 0 radical (unpaired) electrons. The summed E-state index contributed by atoms with van der Waals surface area (Å²) in [7, 11) is 0. The average Bonchev–Trinajstić information content (AvgIpc) is 3.88. The van der Waals surface area contributed by atoms with E-state index in [1.54, 1.807) is 6.08 Å². The van der Waals surface area contributed by atoms with Crippen LogP contribution in [0.5, 0.6) is 0 Å². The SMILES string of the molecule is CCCCCCCCCCCCCCCCCCCCCCCC/C=C(/C[C@@H](O)C[C@H]1O[C@@H]1[C@@H](O)CO[C@@H]1O[C@@H](CO)[C@@H](O)[C@H](O)[C@H]1O)C(=O)O. The molecule has 0 aliphatic carbocycles. The highest BCUT2D eigenvalue weighted by Crippen LogP contribution is 2.32. The zero-order chi connectivity index (χ0) is 37.3. The Morgan fingerprint density at radius 2 is 1.14 bits per heavy atom. The maximum Gasteiger partial charge on any atom is 0.331 e. The summed E-state index contributed by atoms with van der Waals surface area (Å²) < 4.78 is 16.1. The van der Waals surface area contributed by atoms with Crippen LogP contribution in [0.3, 0.4) is 0 Å². The number of aliphatic hydroxyl groups excluding tert-OH is 6. The van der Waals surface area contributed by atoms with E-state index in [-0.39, 0.29) is 25.0 Å². The molecule has 2 fully saturated rings. The Morgan fingerprint density at radius 1 is 0.667 bits per heavy atom. The first kappa shape index (κ1) is 46.0. The highest BCUT2D eigenvalue weighted by Gasteiger charge is 2.47. The number of aliphatic carboxylic acids is 1.